The summed E-state index contributed by atoms with van der Waals surface area (Å²) in [5, 5.41) is 5.18. The number of halogens is 1. The summed E-state index contributed by atoms with van der Waals surface area (Å²) in [5.41, 5.74) is 1.16. The van der Waals surface area contributed by atoms with Gasteiger partial charge in [-0.1, -0.05) is 18.2 Å². The summed E-state index contributed by atoms with van der Waals surface area (Å²) < 4.78 is 5.80. The zero-order chi connectivity index (χ0) is 15.9. The number of benzene rings is 2. The largest absolute Gasteiger partial charge is 0.496 e. The first-order valence-corrected chi connectivity index (χ1v) is 7.36. The average molecular weight is 363 g/mol. The number of methoxy groups -OCH3 is 1. The highest BCUT2D eigenvalue weighted by Crippen LogP contribution is 2.25. The van der Waals surface area contributed by atoms with Gasteiger partial charge < -0.3 is 15.4 Å². The maximum Gasteiger partial charge on any atom is 0.319 e. The van der Waals surface area contributed by atoms with Crippen molar-refractivity contribution in [2.24, 2.45) is 0 Å². The Hall–Kier alpha value is -2.34. The number of amides is 2. The lowest BCUT2D eigenvalue weighted by Gasteiger charge is -2.08. The molecule has 0 spiro atoms. The second kappa shape index (κ2) is 7.61. The molecule has 0 aromatic heterocycles. The number of rotatable bonds is 5. The molecule has 0 unspecified atom stereocenters. The van der Waals surface area contributed by atoms with E-state index in [9.17, 15) is 9.59 Å². The monoisotopic (exact) mass is 362 g/mol. The zero-order valence-electron chi connectivity index (χ0n) is 11.9. The van der Waals surface area contributed by atoms with Gasteiger partial charge in [0, 0.05) is 11.3 Å². The van der Waals surface area contributed by atoms with Crippen molar-refractivity contribution >= 4 is 33.4 Å². The minimum atomic E-state index is -0.424. The van der Waals surface area contributed by atoms with E-state index >= 15 is 0 Å². The summed E-state index contributed by atoms with van der Waals surface area (Å²) in [6, 6.07) is 13.6. The van der Waals surface area contributed by atoms with Crippen molar-refractivity contribution in [3.63, 3.8) is 0 Å². The van der Waals surface area contributed by atoms with Crippen molar-refractivity contribution in [3.05, 3.63) is 58.6 Å². The molecule has 0 saturated carbocycles. The molecule has 0 bridgehead atoms. The molecule has 0 radical (unpaired) electrons. The minimum Gasteiger partial charge on any atom is -0.496 e. The summed E-state index contributed by atoms with van der Waals surface area (Å²) in [5.74, 6) is 0.456. The van der Waals surface area contributed by atoms with Crippen molar-refractivity contribution in [1.82, 2.24) is 5.32 Å². The number of ether oxygens (including phenoxy) is 1. The molecule has 0 fully saturated rings. The Balaban J connectivity index is 1.89. The molecule has 0 saturated heterocycles. The van der Waals surface area contributed by atoms with E-state index in [2.05, 4.69) is 26.6 Å². The molecule has 2 aromatic carbocycles. The van der Waals surface area contributed by atoms with Crippen molar-refractivity contribution in [2.75, 3.05) is 19.0 Å². The van der Waals surface area contributed by atoms with Crippen LogP contribution in [0.1, 0.15) is 10.4 Å². The second-order valence-corrected chi connectivity index (χ2v) is 5.30. The van der Waals surface area contributed by atoms with Crippen LogP contribution in [0.4, 0.5) is 10.5 Å². The molecule has 0 aliphatic rings. The Bertz CT molecular complexity index is 674. The molecule has 0 aliphatic carbocycles. The Kier molecular flexibility index (Phi) is 5.55. The van der Waals surface area contributed by atoms with Crippen LogP contribution in [0.25, 0.3) is 0 Å². The molecule has 6 heteroatoms. The van der Waals surface area contributed by atoms with Gasteiger partial charge in [0.05, 0.1) is 18.1 Å². The number of hydrogen-bond acceptors (Lipinski definition) is 3. The second-order valence-electron chi connectivity index (χ2n) is 4.45. The van der Waals surface area contributed by atoms with Gasteiger partial charge in [-0.15, -0.1) is 0 Å². The number of Topliss-reactive ketones (excluding diaryl/α,β-unsaturated/α-hetero) is 1. The molecule has 5 nitrogen and oxygen atoms in total. The molecule has 0 aliphatic heterocycles. The quantitative estimate of drug-likeness (QED) is 0.800. The standard InChI is InChI=1S/C16H15BrN2O3/c1-22-15-8-7-11(9-13(15)17)14(20)10-18-16(21)19-12-5-3-2-4-6-12/h2-9H,10H2,1H3,(H2,18,19,21). The summed E-state index contributed by atoms with van der Waals surface area (Å²) in [6.45, 7) is -0.0859. The van der Waals surface area contributed by atoms with Crippen LogP contribution in [0.3, 0.4) is 0 Å². The van der Waals surface area contributed by atoms with Crippen molar-refractivity contribution in [2.45, 2.75) is 0 Å². The van der Waals surface area contributed by atoms with Crippen LogP contribution in [0, 0.1) is 0 Å². The van der Waals surface area contributed by atoms with Crippen LogP contribution >= 0.6 is 15.9 Å². The fourth-order valence-corrected chi connectivity index (χ4v) is 2.34. The van der Waals surface area contributed by atoms with Crippen LogP contribution in [-0.2, 0) is 0 Å². The molecule has 22 heavy (non-hydrogen) atoms. The number of para-hydroxylation sites is 1. The summed E-state index contributed by atoms with van der Waals surface area (Å²) >= 11 is 3.32. The number of ketones is 1. The Morgan fingerprint density at radius 2 is 1.86 bits per heavy atom. The SMILES string of the molecule is COc1ccc(C(=O)CNC(=O)Nc2ccccc2)cc1Br. The smallest absolute Gasteiger partial charge is 0.319 e. The number of nitrogens with one attached hydrogen (secondary N) is 2. The van der Waals surface area contributed by atoms with Gasteiger partial charge in [0.2, 0.25) is 0 Å². The van der Waals surface area contributed by atoms with E-state index in [4.69, 9.17) is 4.74 Å². The van der Waals surface area contributed by atoms with Gasteiger partial charge in [-0.05, 0) is 46.3 Å². The first-order chi connectivity index (χ1) is 10.6. The van der Waals surface area contributed by atoms with Gasteiger partial charge in [-0.2, -0.15) is 0 Å². The van der Waals surface area contributed by atoms with Gasteiger partial charge in [-0.25, -0.2) is 4.79 Å². The Labute approximate surface area is 136 Å². The third-order valence-electron chi connectivity index (χ3n) is 2.91. The molecular weight excluding hydrogens is 348 g/mol. The molecule has 114 valence electrons. The first-order valence-electron chi connectivity index (χ1n) is 6.57. The molecular formula is C16H15BrN2O3. The lowest BCUT2D eigenvalue weighted by Crippen LogP contribution is -2.33. The number of urea groups is 1. The zero-order valence-corrected chi connectivity index (χ0v) is 13.5. The first kappa shape index (κ1) is 16.0. The van der Waals surface area contributed by atoms with E-state index in [-0.39, 0.29) is 12.3 Å². The maximum absolute atomic E-state index is 12.0. The van der Waals surface area contributed by atoms with Crippen LogP contribution in [0.2, 0.25) is 0 Å². The van der Waals surface area contributed by atoms with Crippen molar-refractivity contribution in [1.29, 1.82) is 0 Å². The van der Waals surface area contributed by atoms with E-state index in [0.717, 1.165) is 0 Å². The highest BCUT2D eigenvalue weighted by Gasteiger charge is 2.10. The molecule has 0 atom stereocenters. The molecule has 2 N–H and O–H groups in total. The highest BCUT2D eigenvalue weighted by molar-refractivity contribution is 9.10. The predicted octanol–water partition coefficient (Wildman–Crippen LogP) is 3.46. The lowest BCUT2D eigenvalue weighted by molar-refractivity contribution is 0.0993. The van der Waals surface area contributed by atoms with Crippen molar-refractivity contribution in [3.8, 4) is 5.75 Å². The third-order valence-corrected chi connectivity index (χ3v) is 3.53. The fourth-order valence-electron chi connectivity index (χ4n) is 1.80. The predicted molar refractivity (Wildman–Crippen MR) is 88.5 cm³/mol. The van der Waals surface area contributed by atoms with Crippen LogP contribution in [0.15, 0.2) is 53.0 Å². The summed E-state index contributed by atoms with van der Waals surface area (Å²) in [6.07, 6.45) is 0. The van der Waals surface area contributed by atoms with Gasteiger partial charge in [-0.3, -0.25) is 4.79 Å². The maximum atomic E-state index is 12.0. The normalized spacial score (nSPS) is 9.91. The van der Waals surface area contributed by atoms with Gasteiger partial charge in [0.1, 0.15) is 5.75 Å². The van der Waals surface area contributed by atoms with E-state index < -0.39 is 6.03 Å². The van der Waals surface area contributed by atoms with Crippen LogP contribution < -0.4 is 15.4 Å². The number of anilines is 1. The van der Waals surface area contributed by atoms with Crippen LogP contribution in [-0.4, -0.2) is 25.5 Å². The number of hydrogen-bond donors (Lipinski definition) is 2. The summed E-state index contributed by atoms with van der Waals surface area (Å²) in [4.78, 5) is 23.8. The Morgan fingerprint density at radius 3 is 2.50 bits per heavy atom. The lowest BCUT2D eigenvalue weighted by atomic mass is 10.1. The van der Waals surface area contributed by atoms with Crippen molar-refractivity contribution < 1.29 is 14.3 Å². The van der Waals surface area contributed by atoms with E-state index in [0.29, 0.717) is 21.5 Å². The number of carbonyl (C=O) groups excluding carboxylic acids is 2. The summed E-state index contributed by atoms with van der Waals surface area (Å²) in [7, 11) is 1.55. The fraction of sp³-hybridized carbons (Fsp3) is 0.125. The number of carbonyl (C=O) groups is 2. The van der Waals surface area contributed by atoms with E-state index in [1.54, 1.807) is 37.4 Å². The van der Waals surface area contributed by atoms with E-state index in [1.807, 2.05) is 18.2 Å². The van der Waals surface area contributed by atoms with E-state index in [1.165, 1.54) is 0 Å². The van der Waals surface area contributed by atoms with Gasteiger partial charge in [0.25, 0.3) is 0 Å². The molecule has 2 amide bonds. The van der Waals surface area contributed by atoms with Gasteiger partial charge in [0.15, 0.2) is 5.78 Å². The third kappa shape index (κ3) is 4.33. The molecule has 2 aromatic rings. The highest BCUT2D eigenvalue weighted by atomic mass is 79.9. The Morgan fingerprint density at radius 1 is 1.14 bits per heavy atom. The van der Waals surface area contributed by atoms with Gasteiger partial charge >= 0.3 is 6.03 Å². The molecule has 2 rings (SSSR count). The minimum absolute atomic E-state index is 0.0859. The molecule has 0 heterocycles. The van der Waals surface area contributed by atoms with Crippen LogP contribution in [0.5, 0.6) is 5.75 Å². The average Bonchev–Trinajstić information content (AvgIpc) is 2.53. The topological polar surface area (TPSA) is 67.4 Å².